The van der Waals surface area contributed by atoms with Gasteiger partial charge >= 0.3 is 0 Å². The van der Waals surface area contributed by atoms with Crippen molar-refractivity contribution < 1.29 is 0 Å². The molecule has 7 nitrogen and oxygen atoms in total. The quantitative estimate of drug-likeness (QED) is 0.481. The van der Waals surface area contributed by atoms with Crippen LogP contribution in [-0.2, 0) is 0 Å². The molecule has 25 heavy (non-hydrogen) atoms. The number of guanidine groups is 1. The summed E-state index contributed by atoms with van der Waals surface area (Å²) in [6.07, 6.45) is 3.90. The SMILES string of the molecule is N/C(=N\c1nccc(NC2CCCNC2)n1)Nc1ccc(Cl)c(Cl)c1. The molecule has 1 saturated heterocycles. The van der Waals surface area contributed by atoms with Crippen LogP contribution in [-0.4, -0.2) is 35.1 Å². The highest BCUT2D eigenvalue weighted by atomic mass is 35.5. The predicted molar refractivity (Wildman–Crippen MR) is 103 cm³/mol. The van der Waals surface area contributed by atoms with Crippen LogP contribution in [0.4, 0.5) is 17.5 Å². The summed E-state index contributed by atoms with van der Waals surface area (Å²) in [6, 6.07) is 7.27. The van der Waals surface area contributed by atoms with E-state index in [-0.39, 0.29) is 11.9 Å². The topological polar surface area (TPSA) is 100 Å². The monoisotopic (exact) mass is 379 g/mol. The van der Waals surface area contributed by atoms with Gasteiger partial charge in [0.05, 0.1) is 10.0 Å². The maximum atomic E-state index is 5.98. The van der Waals surface area contributed by atoms with E-state index in [1.165, 1.54) is 0 Å². The van der Waals surface area contributed by atoms with Crippen molar-refractivity contribution in [1.82, 2.24) is 15.3 Å². The molecular formula is C16H19Cl2N7. The molecule has 1 aliphatic heterocycles. The van der Waals surface area contributed by atoms with Gasteiger partial charge in [0.2, 0.25) is 5.96 Å². The van der Waals surface area contributed by atoms with Crippen LogP contribution in [0.3, 0.4) is 0 Å². The van der Waals surface area contributed by atoms with Crippen LogP contribution in [0, 0.1) is 0 Å². The molecule has 0 aliphatic carbocycles. The Morgan fingerprint density at radius 1 is 1.28 bits per heavy atom. The number of nitrogens with two attached hydrogens (primary N) is 1. The first-order valence-corrected chi connectivity index (χ1v) is 8.72. The lowest BCUT2D eigenvalue weighted by Crippen LogP contribution is -2.38. The molecule has 1 unspecified atom stereocenters. The van der Waals surface area contributed by atoms with Gasteiger partial charge in [-0.3, -0.25) is 0 Å². The first kappa shape index (κ1) is 17.7. The van der Waals surface area contributed by atoms with Crippen LogP contribution < -0.4 is 21.7 Å². The van der Waals surface area contributed by atoms with Crippen molar-refractivity contribution in [2.45, 2.75) is 18.9 Å². The second-order valence-corrected chi connectivity index (χ2v) is 6.49. The number of hydrogen-bond donors (Lipinski definition) is 4. The fourth-order valence-corrected chi connectivity index (χ4v) is 2.82. The van der Waals surface area contributed by atoms with Crippen LogP contribution in [0.15, 0.2) is 35.5 Å². The molecule has 1 aliphatic rings. The van der Waals surface area contributed by atoms with Gasteiger partial charge in [0.25, 0.3) is 5.95 Å². The first-order chi connectivity index (χ1) is 12.1. The maximum absolute atomic E-state index is 5.98. The maximum Gasteiger partial charge on any atom is 0.254 e. The van der Waals surface area contributed by atoms with Crippen molar-refractivity contribution in [3.8, 4) is 0 Å². The molecule has 1 aromatic heterocycles. The minimum absolute atomic E-state index is 0.162. The number of benzene rings is 1. The molecule has 132 valence electrons. The lowest BCUT2D eigenvalue weighted by molar-refractivity contribution is 0.479. The Kier molecular flexibility index (Phi) is 5.91. The van der Waals surface area contributed by atoms with Gasteiger partial charge in [0, 0.05) is 24.5 Å². The van der Waals surface area contributed by atoms with Crippen LogP contribution >= 0.6 is 23.2 Å². The van der Waals surface area contributed by atoms with Crippen molar-refractivity contribution in [1.29, 1.82) is 0 Å². The zero-order valence-electron chi connectivity index (χ0n) is 13.5. The average Bonchev–Trinajstić information content (AvgIpc) is 2.59. The third kappa shape index (κ3) is 5.19. The number of hydrogen-bond acceptors (Lipinski definition) is 5. The second kappa shape index (κ2) is 8.33. The largest absolute Gasteiger partial charge is 0.369 e. The van der Waals surface area contributed by atoms with E-state index < -0.39 is 0 Å². The molecule has 0 spiro atoms. The number of nitrogens with zero attached hydrogens (tertiary/aromatic N) is 3. The van der Waals surface area contributed by atoms with E-state index in [1.807, 2.05) is 6.07 Å². The lowest BCUT2D eigenvalue weighted by atomic mass is 10.1. The van der Waals surface area contributed by atoms with Gasteiger partial charge in [0.1, 0.15) is 5.82 Å². The van der Waals surface area contributed by atoms with E-state index in [4.69, 9.17) is 28.9 Å². The summed E-state index contributed by atoms with van der Waals surface area (Å²) in [5, 5.41) is 10.6. The highest BCUT2D eigenvalue weighted by Crippen LogP contribution is 2.25. The number of piperidine rings is 1. The number of aromatic nitrogens is 2. The highest BCUT2D eigenvalue weighted by Gasteiger charge is 2.13. The first-order valence-electron chi connectivity index (χ1n) is 7.97. The van der Waals surface area contributed by atoms with Crippen molar-refractivity contribution >= 4 is 46.6 Å². The molecule has 5 N–H and O–H groups in total. The molecule has 1 atom stereocenters. The molecule has 1 fully saturated rings. The number of nitrogens with one attached hydrogen (secondary N) is 3. The Labute approximate surface area is 156 Å². The van der Waals surface area contributed by atoms with Crippen LogP contribution in [0.25, 0.3) is 0 Å². The smallest absolute Gasteiger partial charge is 0.254 e. The summed E-state index contributed by atoms with van der Waals surface area (Å²) in [4.78, 5) is 12.7. The Hall–Kier alpha value is -2.09. The Morgan fingerprint density at radius 3 is 2.92 bits per heavy atom. The number of anilines is 2. The zero-order valence-corrected chi connectivity index (χ0v) is 15.0. The van der Waals surface area contributed by atoms with E-state index in [0.29, 0.717) is 21.8 Å². The summed E-state index contributed by atoms with van der Waals surface area (Å²) >= 11 is 11.9. The van der Waals surface area contributed by atoms with Crippen molar-refractivity contribution in [2.24, 2.45) is 10.7 Å². The van der Waals surface area contributed by atoms with Gasteiger partial charge in [0.15, 0.2) is 0 Å². The van der Waals surface area contributed by atoms with Gasteiger partial charge < -0.3 is 21.7 Å². The normalized spacial score (nSPS) is 18.0. The van der Waals surface area contributed by atoms with Crippen LogP contribution in [0.2, 0.25) is 10.0 Å². The molecular weight excluding hydrogens is 361 g/mol. The van der Waals surface area contributed by atoms with Gasteiger partial charge in [-0.15, -0.1) is 0 Å². The Morgan fingerprint density at radius 2 is 2.16 bits per heavy atom. The minimum Gasteiger partial charge on any atom is -0.369 e. The summed E-state index contributed by atoms with van der Waals surface area (Å²) in [6.45, 7) is 1.98. The van der Waals surface area contributed by atoms with Crippen molar-refractivity contribution in [3.05, 3.63) is 40.5 Å². The number of halogens is 2. The molecule has 2 heterocycles. The average molecular weight is 380 g/mol. The van der Waals surface area contributed by atoms with E-state index >= 15 is 0 Å². The molecule has 2 aromatic rings. The summed E-state index contributed by atoms with van der Waals surface area (Å²) in [5.41, 5.74) is 6.59. The molecule has 9 heteroatoms. The third-order valence-corrected chi connectivity index (χ3v) is 4.44. The highest BCUT2D eigenvalue weighted by molar-refractivity contribution is 6.42. The van der Waals surface area contributed by atoms with Crippen LogP contribution in [0.5, 0.6) is 0 Å². The Balaban J connectivity index is 1.67. The van der Waals surface area contributed by atoms with E-state index in [9.17, 15) is 0 Å². The van der Waals surface area contributed by atoms with Crippen molar-refractivity contribution in [2.75, 3.05) is 23.7 Å². The number of aliphatic imine (C=N–C) groups is 1. The summed E-state index contributed by atoms with van der Waals surface area (Å²) in [5.74, 6) is 1.17. The van der Waals surface area contributed by atoms with Gasteiger partial charge in [-0.1, -0.05) is 23.2 Å². The standard InChI is InChI=1S/C16H19Cl2N7/c17-12-4-3-10(8-13(12)18)23-15(19)25-16-21-7-5-14(24-16)22-11-2-1-6-20-9-11/h3-5,7-8,11,20H,1-2,6,9H2,(H4,19,21,22,23,24,25). The van der Waals surface area contributed by atoms with Gasteiger partial charge in [-0.05, 0) is 43.7 Å². The molecule has 0 radical (unpaired) electrons. The van der Waals surface area contributed by atoms with Crippen molar-refractivity contribution in [3.63, 3.8) is 0 Å². The van der Waals surface area contributed by atoms with Crippen LogP contribution in [0.1, 0.15) is 12.8 Å². The van der Waals surface area contributed by atoms with E-state index in [1.54, 1.807) is 24.4 Å². The number of rotatable bonds is 4. The molecule has 0 amide bonds. The predicted octanol–water partition coefficient (Wildman–Crippen LogP) is 3.01. The molecule has 3 rings (SSSR count). The Bertz CT molecular complexity index is 760. The second-order valence-electron chi connectivity index (χ2n) is 5.68. The summed E-state index contributed by atoms with van der Waals surface area (Å²) in [7, 11) is 0. The van der Waals surface area contributed by atoms with E-state index in [0.717, 1.165) is 31.7 Å². The third-order valence-electron chi connectivity index (χ3n) is 3.70. The fourth-order valence-electron chi connectivity index (χ4n) is 2.52. The lowest BCUT2D eigenvalue weighted by Gasteiger charge is -2.24. The minimum atomic E-state index is 0.162. The van der Waals surface area contributed by atoms with Gasteiger partial charge in [-0.25, -0.2) is 4.98 Å². The molecule has 0 bridgehead atoms. The summed E-state index contributed by atoms with van der Waals surface area (Å²) < 4.78 is 0. The fraction of sp³-hybridized carbons (Fsp3) is 0.312. The molecule has 0 saturated carbocycles. The zero-order chi connectivity index (χ0) is 17.6. The van der Waals surface area contributed by atoms with E-state index in [2.05, 4.69) is 30.9 Å². The molecule has 1 aromatic carbocycles. The van der Waals surface area contributed by atoms with Gasteiger partial charge in [-0.2, -0.15) is 9.98 Å².